The van der Waals surface area contributed by atoms with Crippen LogP contribution in [-0.4, -0.2) is 23.8 Å². The fraction of sp³-hybridized carbons (Fsp3) is 0.250. The maximum Gasteiger partial charge on any atom is 0.317 e. The summed E-state index contributed by atoms with van der Waals surface area (Å²) in [5.41, 5.74) is 0.835. The molecule has 0 saturated heterocycles. The van der Waals surface area contributed by atoms with Crippen molar-refractivity contribution in [3.8, 4) is 11.8 Å². The van der Waals surface area contributed by atoms with Gasteiger partial charge in [-0.3, -0.25) is 9.59 Å². The zero-order valence-corrected chi connectivity index (χ0v) is 9.11. The smallest absolute Gasteiger partial charge is 0.317 e. The largest absolute Gasteiger partial charge is 0.468 e. The van der Waals surface area contributed by atoms with Gasteiger partial charge < -0.3 is 4.74 Å². The Bertz CT molecular complexity index is 469. The molecular formula is C12H11NO3. The highest BCUT2D eigenvalue weighted by Gasteiger charge is 2.00. The van der Waals surface area contributed by atoms with Crippen LogP contribution in [0.1, 0.15) is 29.5 Å². The number of hydrogen-bond acceptors (Lipinski definition) is 4. The van der Waals surface area contributed by atoms with Gasteiger partial charge in [0.05, 0.1) is 7.11 Å². The summed E-state index contributed by atoms with van der Waals surface area (Å²) < 4.78 is 4.43. The Hall–Kier alpha value is -2.15. The molecule has 0 N–H and O–H groups in total. The summed E-state index contributed by atoms with van der Waals surface area (Å²) in [5.74, 6) is 4.80. The van der Waals surface area contributed by atoms with Gasteiger partial charge in [-0.15, -0.1) is 0 Å². The summed E-state index contributed by atoms with van der Waals surface area (Å²) >= 11 is 0. The molecule has 16 heavy (non-hydrogen) atoms. The SMILES string of the molecule is COC(=O)CC#Cc1cccc(C(C)=O)n1. The maximum absolute atomic E-state index is 11.0. The first kappa shape index (κ1) is 11.9. The van der Waals surface area contributed by atoms with Gasteiger partial charge in [-0.2, -0.15) is 0 Å². The number of Topliss-reactive ketones (excluding diaryl/α,β-unsaturated/α-hetero) is 1. The van der Waals surface area contributed by atoms with Crippen LogP contribution in [0, 0.1) is 11.8 Å². The van der Waals surface area contributed by atoms with Crippen LogP contribution in [-0.2, 0) is 9.53 Å². The Labute approximate surface area is 93.6 Å². The number of esters is 1. The summed E-state index contributed by atoms with van der Waals surface area (Å²) in [5, 5.41) is 0. The lowest BCUT2D eigenvalue weighted by Gasteiger charge is -1.94. The second-order valence-corrected chi connectivity index (χ2v) is 3.02. The molecule has 1 aromatic heterocycles. The van der Waals surface area contributed by atoms with E-state index in [9.17, 15) is 9.59 Å². The van der Waals surface area contributed by atoms with E-state index in [0.717, 1.165) is 0 Å². The molecular weight excluding hydrogens is 206 g/mol. The van der Waals surface area contributed by atoms with Crippen molar-refractivity contribution >= 4 is 11.8 Å². The van der Waals surface area contributed by atoms with Crippen molar-refractivity contribution in [3.05, 3.63) is 29.6 Å². The number of methoxy groups -OCH3 is 1. The Morgan fingerprint density at radius 3 is 2.81 bits per heavy atom. The van der Waals surface area contributed by atoms with Crippen LogP contribution in [0.5, 0.6) is 0 Å². The lowest BCUT2D eigenvalue weighted by atomic mass is 10.2. The van der Waals surface area contributed by atoms with Gasteiger partial charge in [-0.05, 0) is 18.1 Å². The topological polar surface area (TPSA) is 56.3 Å². The van der Waals surface area contributed by atoms with Crippen LogP contribution in [0.2, 0.25) is 0 Å². The lowest BCUT2D eigenvalue weighted by molar-refractivity contribution is -0.139. The van der Waals surface area contributed by atoms with Crippen molar-refractivity contribution < 1.29 is 14.3 Å². The second-order valence-electron chi connectivity index (χ2n) is 3.02. The van der Waals surface area contributed by atoms with Gasteiger partial charge in [0.2, 0.25) is 0 Å². The molecule has 0 radical (unpaired) electrons. The first-order chi connectivity index (χ1) is 7.63. The van der Waals surface area contributed by atoms with Gasteiger partial charge in [-0.25, -0.2) is 4.98 Å². The van der Waals surface area contributed by atoms with Crippen LogP contribution in [0.15, 0.2) is 18.2 Å². The predicted molar refractivity (Wildman–Crippen MR) is 57.8 cm³/mol. The minimum absolute atomic E-state index is 0.0163. The average molecular weight is 217 g/mol. The Morgan fingerprint density at radius 1 is 1.44 bits per heavy atom. The van der Waals surface area contributed by atoms with E-state index in [1.165, 1.54) is 14.0 Å². The normalized spacial score (nSPS) is 8.88. The molecule has 0 aliphatic heterocycles. The highest BCUT2D eigenvalue weighted by Crippen LogP contribution is 1.99. The third-order valence-corrected chi connectivity index (χ3v) is 1.79. The molecule has 0 atom stereocenters. The van der Waals surface area contributed by atoms with Crippen molar-refractivity contribution in [3.63, 3.8) is 0 Å². The van der Waals surface area contributed by atoms with Crippen LogP contribution in [0.25, 0.3) is 0 Å². The van der Waals surface area contributed by atoms with E-state index >= 15 is 0 Å². The number of pyridine rings is 1. The fourth-order valence-electron chi connectivity index (χ4n) is 0.979. The molecule has 0 amide bonds. The van der Waals surface area contributed by atoms with Gasteiger partial charge in [0.15, 0.2) is 5.78 Å². The third-order valence-electron chi connectivity index (χ3n) is 1.79. The van der Waals surface area contributed by atoms with E-state index in [2.05, 4.69) is 21.6 Å². The van der Waals surface area contributed by atoms with E-state index in [1.54, 1.807) is 18.2 Å². The molecule has 0 bridgehead atoms. The molecule has 0 aromatic carbocycles. The summed E-state index contributed by atoms with van der Waals surface area (Å²) in [4.78, 5) is 25.8. The number of hydrogen-bond donors (Lipinski definition) is 0. The second kappa shape index (κ2) is 5.66. The van der Waals surface area contributed by atoms with E-state index in [4.69, 9.17) is 0 Å². The van der Waals surface area contributed by atoms with Gasteiger partial charge in [0.25, 0.3) is 0 Å². The van der Waals surface area contributed by atoms with E-state index < -0.39 is 5.97 Å². The molecule has 0 spiro atoms. The van der Waals surface area contributed by atoms with E-state index in [-0.39, 0.29) is 12.2 Å². The number of aromatic nitrogens is 1. The molecule has 1 heterocycles. The summed E-state index contributed by atoms with van der Waals surface area (Å²) in [6, 6.07) is 5.00. The van der Waals surface area contributed by atoms with E-state index in [1.807, 2.05) is 0 Å². The number of nitrogens with zero attached hydrogens (tertiary/aromatic N) is 1. The molecule has 82 valence electrons. The van der Waals surface area contributed by atoms with Gasteiger partial charge >= 0.3 is 5.97 Å². The molecule has 0 fully saturated rings. The minimum atomic E-state index is -0.393. The standard InChI is InChI=1S/C12H11NO3/c1-9(14)11-7-3-5-10(13-11)6-4-8-12(15)16-2/h3,5,7H,8H2,1-2H3. The molecule has 4 heteroatoms. The summed E-state index contributed by atoms with van der Waals surface area (Å²) in [6.07, 6.45) is 0.0163. The molecule has 0 unspecified atom stereocenters. The average Bonchev–Trinajstić information content (AvgIpc) is 2.29. The zero-order chi connectivity index (χ0) is 12.0. The van der Waals surface area contributed by atoms with Gasteiger partial charge in [0.1, 0.15) is 17.8 Å². The number of ketones is 1. The van der Waals surface area contributed by atoms with Crippen LogP contribution in [0.4, 0.5) is 0 Å². The molecule has 1 rings (SSSR count). The molecule has 4 nitrogen and oxygen atoms in total. The van der Waals surface area contributed by atoms with Crippen molar-refractivity contribution in [1.82, 2.24) is 4.98 Å². The molecule has 0 saturated carbocycles. The van der Waals surface area contributed by atoms with Crippen LogP contribution >= 0.6 is 0 Å². The quantitative estimate of drug-likeness (QED) is 0.424. The number of carbonyl (C=O) groups is 2. The van der Waals surface area contributed by atoms with Crippen molar-refractivity contribution in [2.75, 3.05) is 7.11 Å². The van der Waals surface area contributed by atoms with Gasteiger partial charge in [-0.1, -0.05) is 12.0 Å². The van der Waals surface area contributed by atoms with Crippen molar-refractivity contribution in [2.24, 2.45) is 0 Å². The van der Waals surface area contributed by atoms with Crippen molar-refractivity contribution in [1.29, 1.82) is 0 Å². The highest BCUT2D eigenvalue weighted by molar-refractivity contribution is 5.92. The first-order valence-electron chi connectivity index (χ1n) is 4.67. The van der Waals surface area contributed by atoms with Crippen molar-refractivity contribution in [2.45, 2.75) is 13.3 Å². The van der Waals surface area contributed by atoms with Crippen LogP contribution < -0.4 is 0 Å². The minimum Gasteiger partial charge on any atom is -0.468 e. The maximum atomic E-state index is 11.0. The number of carbonyl (C=O) groups excluding carboxylic acids is 2. The monoisotopic (exact) mass is 217 g/mol. The first-order valence-corrected chi connectivity index (χ1v) is 4.67. The predicted octanol–water partition coefficient (Wildman–Crippen LogP) is 1.20. The Kier molecular flexibility index (Phi) is 4.22. The van der Waals surface area contributed by atoms with Crippen LogP contribution in [0.3, 0.4) is 0 Å². The molecule has 0 aliphatic carbocycles. The third kappa shape index (κ3) is 3.54. The number of rotatable bonds is 2. The molecule has 0 aliphatic rings. The summed E-state index contributed by atoms with van der Waals surface area (Å²) in [7, 11) is 1.30. The zero-order valence-electron chi connectivity index (χ0n) is 9.11. The van der Waals surface area contributed by atoms with Gasteiger partial charge in [0, 0.05) is 6.92 Å². The summed E-state index contributed by atoms with van der Waals surface area (Å²) in [6.45, 7) is 1.44. The Balaban J connectivity index is 2.77. The highest BCUT2D eigenvalue weighted by atomic mass is 16.5. The lowest BCUT2D eigenvalue weighted by Crippen LogP contribution is -1.98. The molecule has 1 aromatic rings. The van der Waals surface area contributed by atoms with E-state index in [0.29, 0.717) is 11.4 Å². The Morgan fingerprint density at radius 2 is 2.19 bits per heavy atom. The number of ether oxygens (including phenoxy) is 1. The fourth-order valence-corrected chi connectivity index (χ4v) is 0.979.